The number of hydrogen-bond donors (Lipinski definition) is 3. The maximum Gasteiger partial charge on any atom is 0.201 e. The summed E-state index contributed by atoms with van der Waals surface area (Å²) in [4.78, 5) is 0. The molecule has 2 aromatic carbocycles. The number of para-hydroxylation sites is 1. The fourth-order valence-corrected chi connectivity index (χ4v) is 1.90. The van der Waals surface area contributed by atoms with Crippen molar-refractivity contribution >= 4 is 28.8 Å². The third-order valence-electron chi connectivity index (χ3n) is 2.86. The molecule has 0 aliphatic carbocycles. The molecule has 23 heavy (non-hydrogen) atoms. The molecule has 0 amide bonds. The van der Waals surface area contributed by atoms with E-state index in [-0.39, 0.29) is 5.71 Å². The van der Waals surface area contributed by atoms with Gasteiger partial charge in [0.15, 0.2) is 11.6 Å². The minimum atomic E-state index is -0.428. The number of aryl methyl sites for hydroxylation is 1. The highest BCUT2D eigenvalue weighted by Gasteiger charge is 2.10. The highest BCUT2D eigenvalue weighted by atomic mass is 35.5. The van der Waals surface area contributed by atoms with Crippen LogP contribution < -0.4 is 15.9 Å². The van der Waals surface area contributed by atoms with E-state index in [1.54, 1.807) is 24.3 Å². The summed E-state index contributed by atoms with van der Waals surface area (Å²) in [6.45, 7) is 1.98. The van der Waals surface area contributed by atoms with Gasteiger partial charge in [0.1, 0.15) is 17.5 Å². The summed E-state index contributed by atoms with van der Waals surface area (Å²) in [6.07, 6.45) is 0. The molecule has 0 fully saturated rings. The zero-order valence-electron chi connectivity index (χ0n) is 12.3. The second-order valence-electron chi connectivity index (χ2n) is 4.63. The zero-order valence-corrected chi connectivity index (χ0v) is 13.1. The lowest BCUT2D eigenvalue weighted by Crippen LogP contribution is -2.21. The van der Waals surface area contributed by atoms with Crippen LogP contribution in [-0.4, -0.2) is 11.5 Å². The van der Waals surface area contributed by atoms with Gasteiger partial charge in [-0.1, -0.05) is 35.4 Å². The summed E-state index contributed by atoms with van der Waals surface area (Å²) in [6, 6.07) is 14.3. The summed E-state index contributed by atoms with van der Waals surface area (Å²) in [5.41, 5.74) is 9.23. The van der Waals surface area contributed by atoms with Gasteiger partial charge in [-0.2, -0.15) is 10.4 Å². The van der Waals surface area contributed by atoms with Gasteiger partial charge >= 0.3 is 0 Å². The van der Waals surface area contributed by atoms with Crippen LogP contribution in [0.5, 0.6) is 11.5 Å². The molecule has 0 saturated heterocycles. The molecule has 0 heterocycles. The topological polar surface area (TPSA) is 107 Å². The maximum atomic E-state index is 8.86. The summed E-state index contributed by atoms with van der Waals surface area (Å²) in [5, 5.41) is 20.3. The van der Waals surface area contributed by atoms with Crippen molar-refractivity contribution in [2.24, 2.45) is 10.8 Å². The van der Waals surface area contributed by atoms with Gasteiger partial charge in [0.05, 0.1) is 5.02 Å². The van der Waals surface area contributed by atoms with Gasteiger partial charge < -0.3 is 10.5 Å². The number of ether oxygens (including phenoxy) is 1. The van der Waals surface area contributed by atoms with Gasteiger partial charge in [-0.25, -0.2) is 0 Å². The molecule has 0 unspecified atom stereocenters. The number of amidine groups is 1. The average Bonchev–Trinajstić information content (AvgIpc) is 2.52. The molecule has 116 valence electrons. The predicted octanol–water partition coefficient (Wildman–Crippen LogP) is 3.67. The van der Waals surface area contributed by atoms with E-state index < -0.39 is 5.84 Å². The molecule has 4 N–H and O–H groups in total. The Morgan fingerprint density at radius 1 is 1.30 bits per heavy atom. The van der Waals surface area contributed by atoms with Crippen LogP contribution >= 0.6 is 11.6 Å². The number of rotatable bonds is 5. The minimum Gasteiger partial charge on any atom is -0.454 e. The number of benzene rings is 2. The van der Waals surface area contributed by atoms with Gasteiger partial charge in [0.25, 0.3) is 0 Å². The molecule has 0 aromatic heterocycles. The smallest absolute Gasteiger partial charge is 0.201 e. The normalized spacial score (nSPS) is 10.7. The molecule has 6 nitrogen and oxygen atoms in total. The monoisotopic (exact) mass is 327 g/mol. The Morgan fingerprint density at radius 2 is 2.00 bits per heavy atom. The Labute approximate surface area is 138 Å². The van der Waals surface area contributed by atoms with E-state index in [4.69, 9.17) is 32.7 Å². The van der Waals surface area contributed by atoms with Gasteiger partial charge in [0, 0.05) is 0 Å². The Hall–Kier alpha value is -3.04. The van der Waals surface area contributed by atoms with Gasteiger partial charge in [0.2, 0.25) is 5.71 Å². The Kier molecular flexibility index (Phi) is 5.18. The first kappa shape index (κ1) is 16.3. The number of nitrogens with two attached hydrogens (primary N) is 1. The van der Waals surface area contributed by atoms with E-state index in [0.29, 0.717) is 22.2 Å². The fourth-order valence-electron chi connectivity index (χ4n) is 1.69. The first-order valence-corrected chi connectivity index (χ1v) is 7.00. The molecular formula is C16H14ClN5O. The summed E-state index contributed by atoms with van der Waals surface area (Å²) >= 11 is 6.18. The quantitative estimate of drug-likeness (QED) is 0.442. The lowest BCUT2D eigenvalue weighted by molar-refractivity contribution is 0.484. The minimum absolute atomic E-state index is 0.230. The van der Waals surface area contributed by atoms with Crippen LogP contribution in [0.4, 0.5) is 5.69 Å². The van der Waals surface area contributed by atoms with Crippen molar-refractivity contribution in [2.45, 2.75) is 6.92 Å². The molecule has 7 heteroatoms. The second kappa shape index (κ2) is 7.29. The molecule has 0 spiro atoms. The Morgan fingerprint density at radius 3 is 2.61 bits per heavy atom. The van der Waals surface area contributed by atoms with E-state index in [9.17, 15) is 0 Å². The molecule has 0 bridgehead atoms. The number of hydrazone groups is 1. The predicted molar refractivity (Wildman–Crippen MR) is 91.3 cm³/mol. The number of nitrogens with zero attached hydrogens (tertiary/aromatic N) is 2. The highest BCUT2D eigenvalue weighted by molar-refractivity contribution is 6.45. The van der Waals surface area contributed by atoms with Crippen LogP contribution in [0.2, 0.25) is 5.02 Å². The summed E-state index contributed by atoms with van der Waals surface area (Å²) in [7, 11) is 0. The highest BCUT2D eigenvalue weighted by Crippen LogP contribution is 2.36. The molecular weight excluding hydrogens is 314 g/mol. The first-order valence-electron chi connectivity index (χ1n) is 6.62. The van der Waals surface area contributed by atoms with Crippen LogP contribution in [0.1, 0.15) is 5.56 Å². The van der Waals surface area contributed by atoms with Crippen molar-refractivity contribution in [3.63, 3.8) is 0 Å². The first-order chi connectivity index (χ1) is 11.0. The van der Waals surface area contributed by atoms with Crippen LogP contribution in [0.15, 0.2) is 47.6 Å². The van der Waals surface area contributed by atoms with E-state index in [1.807, 2.05) is 31.2 Å². The molecule has 0 atom stereocenters. The van der Waals surface area contributed by atoms with Gasteiger partial charge in [-0.3, -0.25) is 10.8 Å². The van der Waals surface area contributed by atoms with E-state index in [2.05, 4.69) is 10.5 Å². The van der Waals surface area contributed by atoms with Crippen molar-refractivity contribution < 1.29 is 4.74 Å². The Balaban J connectivity index is 2.31. The lowest BCUT2D eigenvalue weighted by atomic mass is 10.2. The van der Waals surface area contributed by atoms with Crippen molar-refractivity contribution in [3.8, 4) is 17.6 Å². The number of halogens is 1. The number of nitriles is 1. The van der Waals surface area contributed by atoms with Gasteiger partial charge in [-0.05, 0) is 31.2 Å². The SMILES string of the molecule is Cc1ccc(Oc2c(Cl)cccc2N/N=C(\C#N)C(=N)N)cc1. The molecule has 0 aliphatic rings. The third kappa shape index (κ3) is 4.22. The second-order valence-corrected chi connectivity index (χ2v) is 5.04. The number of hydrogen-bond acceptors (Lipinski definition) is 5. The number of nitrogens with one attached hydrogen (secondary N) is 2. The molecule has 0 radical (unpaired) electrons. The average molecular weight is 328 g/mol. The Bertz CT molecular complexity index is 793. The molecule has 0 aliphatic heterocycles. The van der Waals surface area contributed by atoms with Crippen LogP contribution in [0, 0.1) is 23.7 Å². The van der Waals surface area contributed by atoms with Crippen molar-refractivity contribution in [1.82, 2.24) is 0 Å². The van der Waals surface area contributed by atoms with Crippen LogP contribution in [0.3, 0.4) is 0 Å². The lowest BCUT2D eigenvalue weighted by Gasteiger charge is -2.12. The van der Waals surface area contributed by atoms with Crippen molar-refractivity contribution in [2.75, 3.05) is 5.43 Å². The van der Waals surface area contributed by atoms with Crippen LogP contribution in [-0.2, 0) is 0 Å². The largest absolute Gasteiger partial charge is 0.454 e. The van der Waals surface area contributed by atoms with Crippen LogP contribution in [0.25, 0.3) is 0 Å². The summed E-state index contributed by atoms with van der Waals surface area (Å²) in [5.74, 6) is 0.549. The van der Waals surface area contributed by atoms with Crippen molar-refractivity contribution in [3.05, 3.63) is 53.1 Å². The summed E-state index contributed by atoms with van der Waals surface area (Å²) < 4.78 is 5.79. The zero-order chi connectivity index (χ0) is 16.8. The molecule has 2 aromatic rings. The van der Waals surface area contributed by atoms with E-state index >= 15 is 0 Å². The number of anilines is 1. The van der Waals surface area contributed by atoms with E-state index in [0.717, 1.165) is 5.56 Å². The standard InChI is InChI=1S/C16H14ClN5O/c1-10-5-7-11(8-6-10)23-15-12(17)3-2-4-13(15)21-22-14(9-18)16(19)20/h2-8,21H,1H3,(H3,19,20)/b22-14+. The van der Waals surface area contributed by atoms with Gasteiger partial charge in [-0.15, -0.1) is 0 Å². The molecule has 0 saturated carbocycles. The maximum absolute atomic E-state index is 8.86. The van der Waals surface area contributed by atoms with E-state index in [1.165, 1.54) is 0 Å². The third-order valence-corrected chi connectivity index (χ3v) is 3.15. The van der Waals surface area contributed by atoms with Crippen molar-refractivity contribution in [1.29, 1.82) is 10.7 Å². The fraction of sp³-hybridized carbons (Fsp3) is 0.0625. The molecule has 2 rings (SSSR count).